The summed E-state index contributed by atoms with van der Waals surface area (Å²) in [5.74, 6) is 0.715. The van der Waals surface area contributed by atoms with Crippen LogP contribution < -0.4 is 4.74 Å². The Morgan fingerprint density at radius 3 is 2.65 bits per heavy atom. The molecule has 5 heteroatoms. The summed E-state index contributed by atoms with van der Waals surface area (Å²) in [5.41, 5.74) is 0.942. The zero-order valence-corrected chi connectivity index (χ0v) is 12.6. The summed E-state index contributed by atoms with van der Waals surface area (Å²) in [5, 5.41) is 0.685. The second kappa shape index (κ2) is 5.85. The third-order valence-corrected chi connectivity index (χ3v) is 3.42. The lowest BCUT2D eigenvalue weighted by molar-refractivity contribution is 0.305. The maximum Gasteiger partial charge on any atom is 0.138 e. The van der Waals surface area contributed by atoms with Crippen molar-refractivity contribution in [1.82, 2.24) is 4.98 Å². The van der Waals surface area contributed by atoms with Crippen LogP contribution in [0.4, 0.5) is 0 Å². The summed E-state index contributed by atoms with van der Waals surface area (Å²) in [4.78, 5) is 4.08. The van der Waals surface area contributed by atoms with Crippen molar-refractivity contribution in [3.8, 4) is 5.75 Å². The Labute approximate surface area is 121 Å². The highest BCUT2D eigenvalue weighted by atomic mass is 79.9. The number of pyridine rings is 1. The number of nitrogens with zero attached hydrogens (tertiary/aromatic N) is 1. The van der Waals surface area contributed by atoms with Crippen LogP contribution in [0.2, 0.25) is 5.02 Å². The van der Waals surface area contributed by atoms with Crippen molar-refractivity contribution >= 4 is 43.5 Å². The highest BCUT2D eigenvalue weighted by Gasteiger charge is 2.02. The molecule has 0 N–H and O–H groups in total. The van der Waals surface area contributed by atoms with Gasteiger partial charge >= 0.3 is 0 Å². The summed E-state index contributed by atoms with van der Waals surface area (Å²) >= 11 is 12.7. The molecule has 0 radical (unpaired) electrons. The van der Waals surface area contributed by atoms with E-state index in [0.717, 1.165) is 14.6 Å². The molecular weight excluding hydrogens is 369 g/mol. The third kappa shape index (κ3) is 3.69. The van der Waals surface area contributed by atoms with Gasteiger partial charge in [0, 0.05) is 15.1 Å². The lowest BCUT2D eigenvalue weighted by Crippen LogP contribution is -1.96. The van der Waals surface area contributed by atoms with Crippen LogP contribution in [0.25, 0.3) is 0 Å². The first kappa shape index (κ1) is 12.9. The summed E-state index contributed by atoms with van der Waals surface area (Å²) in [6, 6.07) is 9.39. The molecule has 0 aliphatic carbocycles. The molecule has 1 heterocycles. The molecular formula is C12H8Br2ClNO. The lowest BCUT2D eigenvalue weighted by Gasteiger charge is -2.07. The molecule has 88 valence electrons. The van der Waals surface area contributed by atoms with Gasteiger partial charge < -0.3 is 4.74 Å². The van der Waals surface area contributed by atoms with Gasteiger partial charge in [-0.25, -0.2) is 4.98 Å². The predicted octanol–water partition coefficient (Wildman–Crippen LogP) is 4.84. The van der Waals surface area contributed by atoms with Gasteiger partial charge in [0.2, 0.25) is 0 Å². The minimum Gasteiger partial charge on any atom is -0.487 e. The van der Waals surface area contributed by atoms with E-state index in [1.165, 1.54) is 0 Å². The van der Waals surface area contributed by atoms with Gasteiger partial charge in [0.1, 0.15) is 17.0 Å². The molecule has 0 spiro atoms. The summed E-state index contributed by atoms with van der Waals surface area (Å²) in [6.45, 7) is 0.426. The Kier molecular flexibility index (Phi) is 4.42. The van der Waals surface area contributed by atoms with Crippen LogP contribution in [0.15, 0.2) is 45.6 Å². The van der Waals surface area contributed by atoms with Gasteiger partial charge in [-0.05, 0) is 40.2 Å². The lowest BCUT2D eigenvalue weighted by atomic mass is 10.2. The molecule has 0 amide bonds. The Morgan fingerprint density at radius 2 is 2.00 bits per heavy atom. The van der Waals surface area contributed by atoms with Gasteiger partial charge in [0.25, 0.3) is 0 Å². The summed E-state index contributed by atoms with van der Waals surface area (Å²) < 4.78 is 7.32. The zero-order chi connectivity index (χ0) is 12.3. The number of hydrogen-bond donors (Lipinski definition) is 0. The zero-order valence-electron chi connectivity index (χ0n) is 8.66. The molecule has 0 atom stereocenters. The van der Waals surface area contributed by atoms with E-state index in [-0.39, 0.29) is 0 Å². The fourth-order valence-electron chi connectivity index (χ4n) is 1.25. The average Bonchev–Trinajstić information content (AvgIpc) is 2.30. The molecule has 1 aromatic carbocycles. The van der Waals surface area contributed by atoms with E-state index in [1.807, 2.05) is 30.3 Å². The van der Waals surface area contributed by atoms with E-state index >= 15 is 0 Å². The van der Waals surface area contributed by atoms with Crippen LogP contribution >= 0.6 is 43.5 Å². The Hall–Kier alpha value is -0.580. The van der Waals surface area contributed by atoms with E-state index in [0.29, 0.717) is 17.4 Å². The molecule has 0 aliphatic rings. The van der Waals surface area contributed by atoms with Crippen LogP contribution in [0.1, 0.15) is 5.56 Å². The van der Waals surface area contributed by atoms with Crippen molar-refractivity contribution in [2.24, 2.45) is 0 Å². The van der Waals surface area contributed by atoms with Crippen molar-refractivity contribution in [3.63, 3.8) is 0 Å². The maximum atomic E-state index is 6.09. The van der Waals surface area contributed by atoms with Crippen LogP contribution in [-0.2, 0) is 6.61 Å². The number of halogens is 3. The number of ether oxygens (including phenoxy) is 1. The van der Waals surface area contributed by atoms with Crippen molar-refractivity contribution in [3.05, 3.63) is 56.2 Å². The van der Waals surface area contributed by atoms with Gasteiger partial charge in [-0.15, -0.1) is 0 Å². The molecule has 0 saturated carbocycles. The highest BCUT2D eigenvalue weighted by Crippen LogP contribution is 2.23. The number of benzene rings is 1. The van der Waals surface area contributed by atoms with Crippen molar-refractivity contribution in [2.45, 2.75) is 6.61 Å². The fraction of sp³-hybridized carbons (Fsp3) is 0.0833. The van der Waals surface area contributed by atoms with Gasteiger partial charge in [0.15, 0.2) is 0 Å². The standard InChI is InChI=1S/C12H8Br2ClNO/c13-9-2-1-8(11(15)5-9)7-17-10-3-4-12(14)16-6-10/h1-6H,7H2. The first-order valence-corrected chi connectivity index (χ1v) is 6.80. The normalized spacial score (nSPS) is 10.3. The van der Waals surface area contributed by atoms with Crippen LogP contribution in [0.5, 0.6) is 5.75 Å². The van der Waals surface area contributed by atoms with Gasteiger partial charge in [-0.2, -0.15) is 0 Å². The van der Waals surface area contributed by atoms with Gasteiger partial charge in [0.05, 0.1) is 6.20 Å². The minimum absolute atomic E-state index is 0.426. The van der Waals surface area contributed by atoms with Crippen LogP contribution in [0, 0.1) is 0 Å². The predicted molar refractivity (Wildman–Crippen MR) is 75.4 cm³/mol. The highest BCUT2D eigenvalue weighted by molar-refractivity contribution is 9.10. The second-order valence-electron chi connectivity index (χ2n) is 3.34. The molecule has 0 unspecified atom stereocenters. The second-order valence-corrected chi connectivity index (χ2v) is 5.48. The van der Waals surface area contributed by atoms with Crippen LogP contribution in [0.3, 0.4) is 0 Å². The van der Waals surface area contributed by atoms with E-state index in [2.05, 4.69) is 36.8 Å². The van der Waals surface area contributed by atoms with E-state index in [9.17, 15) is 0 Å². The summed E-state index contributed by atoms with van der Waals surface area (Å²) in [7, 11) is 0. The van der Waals surface area contributed by atoms with Crippen LogP contribution in [-0.4, -0.2) is 4.98 Å². The van der Waals surface area contributed by atoms with E-state index < -0.39 is 0 Å². The molecule has 1 aromatic heterocycles. The van der Waals surface area contributed by atoms with Crippen molar-refractivity contribution < 1.29 is 4.74 Å². The Balaban J connectivity index is 2.04. The topological polar surface area (TPSA) is 22.1 Å². The molecule has 0 aliphatic heterocycles. The number of rotatable bonds is 3. The first-order valence-electron chi connectivity index (χ1n) is 4.83. The maximum absolute atomic E-state index is 6.09. The molecule has 0 fully saturated rings. The molecule has 2 aromatic rings. The quantitative estimate of drug-likeness (QED) is 0.714. The minimum atomic E-state index is 0.426. The summed E-state index contributed by atoms with van der Waals surface area (Å²) in [6.07, 6.45) is 1.66. The number of hydrogen-bond acceptors (Lipinski definition) is 2. The Morgan fingerprint density at radius 1 is 1.18 bits per heavy atom. The molecule has 2 nitrogen and oxygen atoms in total. The van der Waals surface area contributed by atoms with Gasteiger partial charge in [-0.3, -0.25) is 0 Å². The number of aromatic nitrogens is 1. The van der Waals surface area contributed by atoms with Gasteiger partial charge in [-0.1, -0.05) is 33.6 Å². The smallest absolute Gasteiger partial charge is 0.138 e. The van der Waals surface area contributed by atoms with Crippen molar-refractivity contribution in [1.29, 1.82) is 0 Å². The SMILES string of the molecule is Clc1cc(Br)ccc1COc1ccc(Br)nc1. The van der Waals surface area contributed by atoms with Crippen molar-refractivity contribution in [2.75, 3.05) is 0 Å². The monoisotopic (exact) mass is 375 g/mol. The molecule has 0 bridgehead atoms. The largest absolute Gasteiger partial charge is 0.487 e. The van der Waals surface area contributed by atoms with E-state index in [4.69, 9.17) is 16.3 Å². The Bertz CT molecular complexity index is 516. The molecule has 0 saturated heterocycles. The molecule has 2 rings (SSSR count). The fourth-order valence-corrected chi connectivity index (χ4v) is 2.21. The first-order chi connectivity index (χ1) is 8.15. The average molecular weight is 377 g/mol. The third-order valence-electron chi connectivity index (χ3n) is 2.11. The molecule has 17 heavy (non-hydrogen) atoms. The van der Waals surface area contributed by atoms with E-state index in [1.54, 1.807) is 6.20 Å².